The van der Waals surface area contributed by atoms with Gasteiger partial charge in [0.1, 0.15) is 29.8 Å². The molecule has 0 saturated heterocycles. The van der Waals surface area contributed by atoms with Crippen LogP contribution in [0.2, 0.25) is 0 Å². The first-order valence-electron chi connectivity index (χ1n) is 9.87. The molecule has 33 heavy (non-hydrogen) atoms. The van der Waals surface area contributed by atoms with Crippen LogP contribution in [-0.2, 0) is 4.74 Å². The Morgan fingerprint density at radius 3 is 2.45 bits per heavy atom. The van der Waals surface area contributed by atoms with Crippen LogP contribution >= 0.6 is 11.3 Å². The van der Waals surface area contributed by atoms with E-state index in [1.807, 2.05) is 18.2 Å². The maximum absolute atomic E-state index is 14.3. The van der Waals surface area contributed by atoms with E-state index in [9.17, 15) is 13.6 Å². The largest absolute Gasteiger partial charge is 0.481 e. The molecule has 1 aromatic heterocycles. The number of anilines is 1. The molecule has 168 valence electrons. The van der Waals surface area contributed by atoms with Crippen molar-refractivity contribution >= 4 is 39.0 Å². The summed E-state index contributed by atoms with van der Waals surface area (Å²) in [7, 11) is 0. The molecule has 0 saturated carbocycles. The van der Waals surface area contributed by atoms with Crippen LogP contribution < -0.4 is 15.8 Å². The Labute approximate surface area is 192 Å². The summed E-state index contributed by atoms with van der Waals surface area (Å²) in [6.07, 6.45) is -1.49. The maximum atomic E-state index is 14.3. The minimum absolute atomic E-state index is 0.122. The number of amidine groups is 1. The Kier molecular flexibility index (Phi) is 6.50. The van der Waals surface area contributed by atoms with Crippen molar-refractivity contribution in [3.05, 3.63) is 94.9 Å². The third-order valence-corrected chi connectivity index (χ3v) is 5.84. The number of nitrogens with two attached hydrogens (primary N) is 1. The second-order valence-electron chi connectivity index (χ2n) is 7.09. The summed E-state index contributed by atoms with van der Waals surface area (Å²) in [6, 6.07) is 18.6. The molecule has 1 atom stereocenters. The number of nitrogen functional groups attached to an aromatic ring is 1. The molecule has 3 aromatic carbocycles. The van der Waals surface area contributed by atoms with Crippen LogP contribution in [0, 0.1) is 17.0 Å². The van der Waals surface area contributed by atoms with E-state index in [1.165, 1.54) is 47.7 Å². The number of hydrogen-bond acceptors (Lipinski definition) is 5. The molecule has 4 aromatic rings. The Bertz CT molecular complexity index is 1290. The zero-order valence-corrected chi connectivity index (χ0v) is 18.0. The Morgan fingerprint density at radius 1 is 1.03 bits per heavy atom. The smallest absolute Gasteiger partial charge is 0.411 e. The van der Waals surface area contributed by atoms with E-state index in [-0.39, 0.29) is 18.2 Å². The van der Waals surface area contributed by atoms with Crippen molar-refractivity contribution in [3.63, 3.8) is 0 Å². The van der Waals surface area contributed by atoms with Gasteiger partial charge < -0.3 is 15.2 Å². The first-order chi connectivity index (χ1) is 15.9. The standard InChI is InChI=1S/C24H19F2N3O3S/c25-15-6-8-17(9-7-15)29-24(30)31-13-20(14-4-2-1-3-5-14)32-19-10-16(26)11-21-18(19)12-22(33-21)23(27)28/h1-12,20H,13H2,(H3,27,28)(H,29,30). The maximum Gasteiger partial charge on any atom is 0.411 e. The molecule has 0 aliphatic carbocycles. The highest BCUT2D eigenvalue weighted by Crippen LogP contribution is 2.36. The van der Waals surface area contributed by atoms with Crippen molar-refractivity contribution < 1.29 is 23.0 Å². The first kappa shape index (κ1) is 22.2. The van der Waals surface area contributed by atoms with Crippen molar-refractivity contribution in [3.8, 4) is 5.75 Å². The molecule has 0 aliphatic rings. The van der Waals surface area contributed by atoms with Crippen LogP contribution in [0.5, 0.6) is 5.75 Å². The van der Waals surface area contributed by atoms with Gasteiger partial charge in [-0.3, -0.25) is 10.7 Å². The van der Waals surface area contributed by atoms with Crippen LogP contribution in [0.3, 0.4) is 0 Å². The lowest BCUT2D eigenvalue weighted by Gasteiger charge is -2.20. The molecule has 0 bridgehead atoms. The predicted octanol–water partition coefficient (Wildman–Crippen LogP) is 5.83. The lowest BCUT2D eigenvalue weighted by molar-refractivity contribution is 0.0908. The fourth-order valence-electron chi connectivity index (χ4n) is 3.16. The zero-order valence-electron chi connectivity index (χ0n) is 17.2. The molecule has 0 aliphatic heterocycles. The summed E-state index contributed by atoms with van der Waals surface area (Å²) in [5.74, 6) is -0.807. The number of ether oxygens (including phenoxy) is 2. The quantitative estimate of drug-likeness (QED) is 0.235. The summed E-state index contributed by atoms with van der Waals surface area (Å²) in [5.41, 5.74) is 6.67. The van der Waals surface area contributed by atoms with Gasteiger partial charge in [-0.15, -0.1) is 11.3 Å². The van der Waals surface area contributed by atoms with Gasteiger partial charge in [0, 0.05) is 21.8 Å². The minimum atomic E-state index is -0.745. The highest BCUT2D eigenvalue weighted by molar-refractivity contribution is 7.20. The Morgan fingerprint density at radius 2 is 1.76 bits per heavy atom. The second-order valence-corrected chi connectivity index (χ2v) is 8.17. The Hall–Kier alpha value is -3.98. The van der Waals surface area contributed by atoms with E-state index in [4.69, 9.17) is 20.6 Å². The van der Waals surface area contributed by atoms with Crippen LogP contribution in [0.15, 0.2) is 72.8 Å². The molecule has 0 fully saturated rings. The summed E-state index contributed by atoms with van der Waals surface area (Å²) < 4.78 is 39.3. The molecular weight excluding hydrogens is 448 g/mol. The SMILES string of the molecule is N=C(N)c1cc2c(OC(COC(=O)Nc3ccc(F)cc3)c3ccccc3)cc(F)cc2s1. The van der Waals surface area contributed by atoms with E-state index < -0.39 is 23.8 Å². The number of amides is 1. The van der Waals surface area contributed by atoms with Gasteiger partial charge in [0.25, 0.3) is 0 Å². The van der Waals surface area contributed by atoms with E-state index in [1.54, 1.807) is 18.2 Å². The van der Waals surface area contributed by atoms with Crippen molar-refractivity contribution in [1.29, 1.82) is 5.41 Å². The second kappa shape index (κ2) is 9.66. The molecule has 4 rings (SSSR count). The third kappa shape index (κ3) is 5.45. The molecular formula is C24H19F2N3O3S. The van der Waals surface area contributed by atoms with E-state index in [0.29, 0.717) is 26.2 Å². The number of halogens is 2. The molecule has 4 N–H and O–H groups in total. The normalized spacial score (nSPS) is 11.7. The van der Waals surface area contributed by atoms with Crippen LogP contribution in [0.25, 0.3) is 10.1 Å². The summed E-state index contributed by atoms with van der Waals surface area (Å²) in [6.45, 7) is -0.168. The van der Waals surface area contributed by atoms with Gasteiger partial charge in [0.2, 0.25) is 0 Å². The van der Waals surface area contributed by atoms with Crippen molar-refractivity contribution in [2.75, 3.05) is 11.9 Å². The van der Waals surface area contributed by atoms with E-state index in [2.05, 4.69) is 5.32 Å². The fraction of sp³-hybridized carbons (Fsp3) is 0.0833. The van der Waals surface area contributed by atoms with Gasteiger partial charge >= 0.3 is 6.09 Å². The molecule has 0 spiro atoms. The van der Waals surface area contributed by atoms with Crippen LogP contribution in [-0.4, -0.2) is 18.5 Å². The zero-order chi connectivity index (χ0) is 23.4. The number of thiophene rings is 1. The number of carbonyl (C=O) groups excluding carboxylic acids is 1. The lowest BCUT2D eigenvalue weighted by atomic mass is 10.1. The number of nitrogens with one attached hydrogen (secondary N) is 2. The molecule has 1 unspecified atom stereocenters. The highest BCUT2D eigenvalue weighted by Gasteiger charge is 2.20. The first-order valence-corrected chi connectivity index (χ1v) is 10.7. The topological polar surface area (TPSA) is 97.4 Å². The number of fused-ring (bicyclic) bond motifs is 1. The average molecular weight is 467 g/mol. The van der Waals surface area contributed by atoms with E-state index in [0.717, 1.165) is 0 Å². The van der Waals surface area contributed by atoms with Crippen molar-refractivity contribution in [2.24, 2.45) is 5.73 Å². The van der Waals surface area contributed by atoms with Crippen molar-refractivity contribution in [1.82, 2.24) is 0 Å². The monoisotopic (exact) mass is 467 g/mol. The number of hydrogen-bond donors (Lipinski definition) is 3. The molecule has 0 radical (unpaired) electrons. The summed E-state index contributed by atoms with van der Waals surface area (Å²) >= 11 is 1.19. The number of rotatable bonds is 7. The molecule has 1 amide bonds. The lowest BCUT2D eigenvalue weighted by Crippen LogP contribution is -2.21. The highest BCUT2D eigenvalue weighted by atomic mass is 32.1. The molecule has 9 heteroatoms. The number of benzene rings is 3. The van der Waals surface area contributed by atoms with Gasteiger partial charge in [-0.2, -0.15) is 0 Å². The predicted molar refractivity (Wildman–Crippen MR) is 124 cm³/mol. The van der Waals surface area contributed by atoms with Gasteiger partial charge in [-0.1, -0.05) is 30.3 Å². The minimum Gasteiger partial charge on any atom is -0.481 e. The summed E-state index contributed by atoms with van der Waals surface area (Å²) in [5, 5.41) is 10.8. The third-order valence-electron chi connectivity index (χ3n) is 4.73. The van der Waals surface area contributed by atoms with Gasteiger partial charge in [0.05, 0.1) is 4.88 Å². The number of carbonyl (C=O) groups is 1. The average Bonchev–Trinajstić information content (AvgIpc) is 3.23. The van der Waals surface area contributed by atoms with Crippen molar-refractivity contribution in [2.45, 2.75) is 6.10 Å². The molecule has 1 heterocycles. The Balaban J connectivity index is 1.56. The van der Waals surface area contributed by atoms with Crippen LogP contribution in [0.1, 0.15) is 16.5 Å². The van der Waals surface area contributed by atoms with Crippen LogP contribution in [0.4, 0.5) is 19.3 Å². The van der Waals surface area contributed by atoms with Gasteiger partial charge in [0.15, 0.2) is 6.10 Å². The van der Waals surface area contributed by atoms with Gasteiger partial charge in [-0.05, 0) is 42.0 Å². The van der Waals surface area contributed by atoms with Gasteiger partial charge in [-0.25, -0.2) is 13.6 Å². The summed E-state index contributed by atoms with van der Waals surface area (Å²) in [4.78, 5) is 12.7. The van der Waals surface area contributed by atoms with E-state index >= 15 is 0 Å². The molecule has 6 nitrogen and oxygen atoms in total. The fourth-order valence-corrected chi connectivity index (χ4v) is 4.13.